The van der Waals surface area contributed by atoms with Gasteiger partial charge in [0.1, 0.15) is 5.75 Å². The van der Waals surface area contributed by atoms with Crippen LogP contribution in [0.5, 0.6) is 5.75 Å². The maximum atomic E-state index is 12.9. The van der Waals surface area contributed by atoms with E-state index in [1.54, 1.807) is 55.5 Å². The molecule has 0 fully saturated rings. The number of methoxy groups -OCH3 is 1. The Labute approximate surface area is 198 Å². The number of esters is 1. The minimum absolute atomic E-state index is 0.0731. The summed E-state index contributed by atoms with van der Waals surface area (Å²) in [5.41, 5.74) is 1.83. The fourth-order valence-electron chi connectivity index (χ4n) is 2.94. The molecule has 32 heavy (non-hydrogen) atoms. The van der Waals surface area contributed by atoms with E-state index in [-0.39, 0.29) is 16.9 Å². The van der Waals surface area contributed by atoms with Crippen LogP contribution < -0.4 is 10.1 Å². The number of ketones is 1. The standard InChI is InChI=1S/C24H19BrClNO5/c1-14-20(12-11-19(25)22(14)26)27-21(28)13-32-24(30)18-6-4-3-5-17(18)23(29)15-7-9-16(31-2)10-8-15/h3-12H,13H2,1-2H3,(H,27,28). The molecule has 0 unspecified atom stereocenters. The van der Waals surface area contributed by atoms with Crippen LogP contribution in [0, 0.1) is 6.92 Å². The van der Waals surface area contributed by atoms with Crippen molar-refractivity contribution in [2.75, 3.05) is 19.0 Å². The van der Waals surface area contributed by atoms with Crippen molar-refractivity contribution in [2.45, 2.75) is 6.92 Å². The molecule has 8 heteroatoms. The van der Waals surface area contributed by atoms with Crippen molar-refractivity contribution < 1.29 is 23.9 Å². The highest BCUT2D eigenvalue weighted by Crippen LogP contribution is 2.31. The van der Waals surface area contributed by atoms with Crippen molar-refractivity contribution in [1.29, 1.82) is 0 Å². The third-order valence-corrected chi connectivity index (χ3v) is 6.07. The molecule has 0 saturated heterocycles. The second-order valence-electron chi connectivity index (χ2n) is 6.76. The summed E-state index contributed by atoms with van der Waals surface area (Å²) in [6.45, 7) is 1.24. The van der Waals surface area contributed by atoms with Crippen molar-refractivity contribution in [2.24, 2.45) is 0 Å². The van der Waals surface area contributed by atoms with Crippen molar-refractivity contribution in [1.82, 2.24) is 0 Å². The number of carbonyl (C=O) groups excluding carboxylic acids is 3. The van der Waals surface area contributed by atoms with Crippen LogP contribution in [-0.2, 0) is 9.53 Å². The summed E-state index contributed by atoms with van der Waals surface area (Å²) in [7, 11) is 1.53. The molecule has 0 saturated carbocycles. The lowest BCUT2D eigenvalue weighted by Crippen LogP contribution is -2.22. The Bertz CT molecular complexity index is 1180. The highest BCUT2D eigenvalue weighted by molar-refractivity contribution is 9.10. The first-order chi connectivity index (χ1) is 15.3. The van der Waals surface area contributed by atoms with Crippen molar-refractivity contribution in [3.05, 3.63) is 92.4 Å². The molecule has 0 aliphatic heterocycles. The number of carbonyl (C=O) groups is 3. The fraction of sp³-hybridized carbons (Fsp3) is 0.125. The summed E-state index contributed by atoms with van der Waals surface area (Å²) < 4.78 is 11.0. The van der Waals surface area contributed by atoms with Gasteiger partial charge in [-0.3, -0.25) is 9.59 Å². The lowest BCUT2D eigenvalue weighted by Gasteiger charge is -2.12. The van der Waals surface area contributed by atoms with Crippen LogP contribution in [-0.4, -0.2) is 31.4 Å². The number of hydrogen-bond donors (Lipinski definition) is 1. The Morgan fingerprint density at radius 1 is 0.969 bits per heavy atom. The van der Waals surface area contributed by atoms with Gasteiger partial charge in [-0.25, -0.2) is 4.79 Å². The van der Waals surface area contributed by atoms with Crippen LogP contribution in [0.25, 0.3) is 0 Å². The molecule has 0 atom stereocenters. The van der Waals surface area contributed by atoms with E-state index in [2.05, 4.69) is 21.2 Å². The topological polar surface area (TPSA) is 81.7 Å². The number of nitrogens with one attached hydrogen (secondary N) is 1. The van der Waals surface area contributed by atoms with E-state index in [1.165, 1.54) is 19.2 Å². The number of anilines is 1. The minimum Gasteiger partial charge on any atom is -0.497 e. The normalized spacial score (nSPS) is 10.4. The molecule has 0 heterocycles. The number of halogens is 2. The summed E-state index contributed by atoms with van der Waals surface area (Å²) in [5.74, 6) is -1.03. The molecule has 1 amide bonds. The quantitative estimate of drug-likeness (QED) is 0.334. The van der Waals surface area contributed by atoms with Gasteiger partial charge in [-0.1, -0.05) is 29.8 Å². The lowest BCUT2D eigenvalue weighted by atomic mass is 9.98. The third-order valence-electron chi connectivity index (χ3n) is 4.69. The van der Waals surface area contributed by atoms with Gasteiger partial charge in [0.2, 0.25) is 0 Å². The van der Waals surface area contributed by atoms with E-state index in [0.717, 1.165) is 0 Å². The van der Waals surface area contributed by atoms with E-state index in [4.69, 9.17) is 21.1 Å². The maximum Gasteiger partial charge on any atom is 0.339 e. The zero-order valence-electron chi connectivity index (χ0n) is 17.3. The first-order valence-electron chi connectivity index (χ1n) is 9.51. The lowest BCUT2D eigenvalue weighted by molar-refractivity contribution is -0.119. The second kappa shape index (κ2) is 10.4. The van der Waals surface area contributed by atoms with Gasteiger partial charge in [0.25, 0.3) is 5.91 Å². The van der Waals surface area contributed by atoms with E-state index in [1.807, 2.05) is 0 Å². The van der Waals surface area contributed by atoms with Crippen LogP contribution in [0.3, 0.4) is 0 Å². The summed E-state index contributed by atoms with van der Waals surface area (Å²) in [5, 5.41) is 3.14. The molecule has 6 nitrogen and oxygen atoms in total. The number of rotatable bonds is 7. The molecular weight excluding hydrogens is 498 g/mol. The number of hydrogen-bond acceptors (Lipinski definition) is 5. The van der Waals surface area contributed by atoms with E-state index in [9.17, 15) is 14.4 Å². The first-order valence-corrected chi connectivity index (χ1v) is 10.7. The Hall–Kier alpha value is -3.16. The molecule has 0 aliphatic rings. The molecular formula is C24H19BrClNO5. The van der Waals surface area contributed by atoms with Gasteiger partial charge in [0, 0.05) is 21.3 Å². The summed E-state index contributed by atoms with van der Waals surface area (Å²) in [4.78, 5) is 37.8. The molecule has 3 aromatic carbocycles. The Balaban J connectivity index is 1.70. The molecule has 0 spiro atoms. The SMILES string of the molecule is COc1ccc(C(=O)c2ccccc2C(=O)OCC(=O)Nc2ccc(Br)c(Cl)c2C)cc1. The van der Waals surface area contributed by atoms with Crippen LogP contribution >= 0.6 is 27.5 Å². The Morgan fingerprint density at radius 2 is 1.62 bits per heavy atom. The van der Waals surface area contributed by atoms with Crippen molar-refractivity contribution in [3.63, 3.8) is 0 Å². The molecule has 0 bridgehead atoms. The smallest absolute Gasteiger partial charge is 0.339 e. The largest absolute Gasteiger partial charge is 0.497 e. The third kappa shape index (κ3) is 5.36. The molecule has 1 N–H and O–H groups in total. The number of ether oxygens (including phenoxy) is 2. The van der Waals surface area contributed by atoms with Crippen LogP contribution in [0.15, 0.2) is 65.1 Å². The van der Waals surface area contributed by atoms with E-state index in [0.29, 0.717) is 32.1 Å². The summed E-state index contributed by atoms with van der Waals surface area (Å²) >= 11 is 9.48. The molecule has 164 valence electrons. The van der Waals surface area contributed by atoms with Gasteiger partial charge >= 0.3 is 5.97 Å². The molecule has 3 rings (SSSR count). The van der Waals surface area contributed by atoms with Crippen LogP contribution in [0.1, 0.15) is 31.8 Å². The van der Waals surface area contributed by atoms with Crippen LogP contribution in [0.4, 0.5) is 5.69 Å². The predicted molar refractivity (Wildman–Crippen MR) is 126 cm³/mol. The highest BCUT2D eigenvalue weighted by Gasteiger charge is 2.20. The molecule has 0 aromatic heterocycles. The van der Waals surface area contributed by atoms with Gasteiger partial charge in [-0.05, 0) is 70.9 Å². The van der Waals surface area contributed by atoms with Gasteiger partial charge in [0.15, 0.2) is 12.4 Å². The summed E-state index contributed by atoms with van der Waals surface area (Å²) in [6.07, 6.45) is 0. The monoisotopic (exact) mass is 515 g/mol. The minimum atomic E-state index is -0.775. The van der Waals surface area contributed by atoms with E-state index >= 15 is 0 Å². The van der Waals surface area contributed by atoms with Gasteiger partial charge in [-0.2, -0.15) is 0 Å². The fourth-order valence-corrected chi connectivity index (χ4v) is 3.53. The Morgan fingerprint density at radius 3 is 2.28 bits per heavy atom. The average Bonchev–Trinajstić information content (AvgIpc) is 2.82. The molecule has 0 radical (unpaired) electrons. The highest BCUT2D eigenvalue weighted by atomic mass is 79.9. The van der Waals surface area contributed by atoms with Crippen molar-refractivity contribution in [3.8, 4) is 5.75 Å². The average molecular weight is 517 g/mol. The second-order valence-corrected chi connectivity index (χ2v) is 7.99. The molecule has 3 aromatic rings. The van der Waals surface area contributed by atoms with Crippen molar-refractivity contribution >= 4 is 50.9 Å². The number of amides is 1. The summed E-state index contributed by atoms with van der Waals surface area (Å²) in [6, 6.07) is 16.2. The Kier molecular flexibility index (Phi) is 7.66. The van der Waals surface area contributed by atoms with E-state index < -0.39 is 18.5 Å². The first kappa shape index (κ1) is 23.5. The van der Waals surface area contributed by atoms with Gasteiger partial charge < -0.3 is 14.8 Å². The zero-order valence-corrected chi connectivity index (χ0v) is 19.6. The molecule has 0 aliphatic carbocycles. The zero-order chi connectivity index (χ0) is 23.3. The maximum absolute atomic E-state index is 12.9. The van der Waals surface area contributed by atoms with Gasteiger partial charge in [-0.15, -0.1) is 0 Å². The van der Waals surface area contributed by atoms with Crippen LogP contribution in [0.2, 0.25) is 5.02 Å². The van der Waals surface area contributed by atoms with Gasteiger partial charge in [0.05, 0.1) is 17.7 Å². The predicted octanol–water partition coefficient (Wildman–Crippen LogP) is 5.45. The number of benzene rings is 3.